The van der Waals surface area contributed by atoms with Crippen LogP contribution in [-0.4, -0.2) is 23.5 Å². The maximum absolute atomic E-state index is 11.3. The number of carbonyl (C=O) groups excluding carboxylic acids is 1. The first kappa shape index (κ1) is 15.5. The third-order valence-electron chi connectivity index (χ3n) is 3.57. The molecule has 1 rings (SSSR count). The minimum absolute atomic E-state index is 0.0785. The van der Waals surface area contributed by atoms with Crippen LogP contribution in [0, 0.1) is 0 Å². The molecule has 0 spiro atoms. The highest BCUT2D eigenvalue weighted by molar-refractivity contribution is 5.97. The summed E-state index contributed by atoms with van der Waals surface area (Å²) in [4.78, 5) is 13.6. The first-order valence-electron chi connectivity index (χ1n) is 7.11. The van der Waals surface area contributed by atoms with Crippen molar-refractivity contribution in [3.63, 3.8) is 0 Å². The van der Waals surface area contributed by atoms with Gasteiger partial charge in [-0.05, 0) is 38.8 Å². The van der Waals surface area contributed by atoms with Gasteiger partial charge in [0.05, 0.1) is 5.56 Å². The lowest BCUT2D eigenvalue weighted by atomic mass is 10.1. The maximum atomic E-state index is 11.3. The van der Waals surface area contributed by atoms with Crippen LogP contribution in [0.25, 0.3) is 0 Å². The first-order valence-corrected chi connectivity index (χ1v) is 7.11. The summed E-state index contributed by atoms with van der Waals surface area (Å²) in [6.07, 6.45) is 3.32. The minimum atomic E-state index is -0.104. The van der Waals surface area contributed by atoms with E-state index in [1.807, 2.05) is 6.07 Å². The van der Waals surface area contributed by atoms with Crippen molar-refractivity contribution in [2.45, 2.75) is 53.0 Å². The predicted molar refractivity (Wildman–Crippen MR) is 80.1 cm³/mol. The highest BCUT2D eigenvalue weighted by atomic mass is 16.3. The number of nitrogens with zero attached hydrogens (tertiary/aromatic N) is 1. The van der Waals surface area contributed by atoms with E-state index in [1.54, 1.807) is 12.1 Å². The van der Waals surface area contributed by atoms with Gasteiger partial charge in [-0.3, -0.25) is 4.79 Å². The van der Waals surface area contributed by atoms with Crippen LogP contribution in [0.3, 0.4) is 0 Å². The van der Waals surface area contributed by atoms with Gasteiger partial charge in [0, 0.05) is 24.3 Å². The van der Waals surface area contributed by atoms with E-state index in [2.05, 4.69) is 25.7 Å². The molecular formula is C16H25NO2. The molecule has 1 aromatic rings. The monoisotopic (exact) mass is 263 g/mol. The molecule has 1 unspecified atom stereocenters. The number of aromatic hydroxyl groups is 1. The van der Waals surface area contributed by atoms with Crippen LogP contribution in [0.2, 0.25) is 0 Å². The topological polar surface area (TPSA) is 40.5 Å². The summed E-state index contributed by atoms with van der Waals surface area (Å²) in [6, 6.07) is 5.78. The SMILES string of the molecule is CCCCN(c1ccc(C(C)=O)c(O)c1)C(C)CC. The van der Waals surface area contributed by atoms with Crippen molar-refractivity contribution in [1.82, 2.24) is 0 Å². The van der Waals surface area contributed by atoms with Crippen LogP contribution in [0.5, 0.6) is 5.75 Å². The standard InChI is InChI=1S/C16H25NO2/c1-5-7-10-17(12(3)6-2)14-8-9-15(13(4)18)16(19)11-14/h8-9,11-12,19H,5-7,10H2,1-4H3. The summed E-state index contributed by atoms with van der Waals surface area (Å²) in [7, 11) is 0. The Hall–Kier alpha value is -1.51. The molecule has 1 N–H and O–H groups in total. The fraction of sp³-hybridized carbons (Fsp3) is 0.562. The van der Waals surface area contributed by atoms with Crippen LogP contribution in [-0.2, 0) is 0 Å². The number of hydrogen-bond acceptors (Lipinski definition) is 3. The van der Waals surface area contributed by atoms with Crippen molar-refractivity contribution in [3.05, 3.63) is 23.8 Å². The second-order valence-electron chi connectivity index (χ2n) is 5.06. The Bertz CT molecular complexity index is 429. The number of phenols is 1. The van der Waals surface area contributed by atoms with E-state index in [-0.39, 0.29) is 11.5 Å². The predicted octanol–water partition coefficient (Wildman–Crippen LogP) is 4.00. The zero-order valence-corrected chi connectivity index (χ0v) is 12.4. The second kappa shape index (κ2) is 7.17. The normalized spacial score (nSPS) is 12.2. The van der Waals surface area contributed by atoms with Crippen LogP contribution in [0.4, 0.5) is 5.69 Å². The molecule has 0 heterocycles. The second-order valence-corrected chi connectivity index (χ2v) is 5.06. The first-order chi connectivity index (χ1) is 9.01. The Balaban J connectivity index is 3.02. The van der Waals surface area contributed by atoms with E-state index in [1.165, 1.54) is 6.92 Å². The number of ketones is 1. The Kier molecular flexibility index (Phi) is 5.87. The van der Waals surface area contributed by atoms with Gasteiger partial charge in [0.15, 0.2) is 5.78 Å². The Labute approximate surface area is 116 Å². The number of rotatable bonds is 7. The lowest BCUT2D eigenvalue weighted by Gasteiger charge is -2.31. The number of unbranched alkanes of at least 4 members (excludes halogenated alkanes) is 1. The molecular weight excluding hydrogens is 238 g/mol. The molecule has 1 atom stereocenters. The van der Waals surface area contributed by atoms with E-state index in [0.29, 0.717) is 11.6 Å². The van der Waals surface area contributed by atoms with Crippen molar-refractivity contribution in [3.8, 4) is 5.75 Å². The van der Waals surface area contributed by atoms with E-state index in [0.717, 1.165) is 31.5 Å². The summed E-state index contributed by atoms with van der Waals surface area (Å²) in [5.74, 6) is -0.0255. The van der Waals surface area contributed by atoms with Gasteiger partial charge in [0.2, 0.25) is 0 Å². The van der Waals surface area contributed by atoms with Crippen LogP contribution >= 0.6 is 0 Å². The smallest absolute Gasteiger partial charge is 0.163 e. The molecule has 19 heavy (non-hydrogen) atoms. The molecule has 1 aromatic carbocycles. The van der Waals surface area contributed by atoms with Gasteiger partial charge >= 0.3 is 0 Å². The quantitative estimate of drug-likeness (QED) is 0.756. The average Bonchev–Trinajstić information content (AvgIpc) is 2.38. The minimum Gasteiger partial charge on any atom is -0.507 e. The highest BCUT2D eigenvalue weighted by Gasteiger charge is 2.15. The molecule has 0 aliphatic rings. The molecule has 106 valence electrons. The van der Waals surface area contributed by atoms with E-state index in [4.69, 9.17) is 0 Å². The van der Waals surface area contributed by atoms with Gasteiger partial charge in [-0.2, -0.15) is 0 Å². The number of Topliss-reactive ketones (excluding diaryl/α,β-unsaturated/α-hetero) is 1. The number of benzene rings is 1. The molecule has 0 aliphatic carbocycles. The zero-order valence-electron chi connectivity index (χ0n) is 12.4. The Morgan fingerprint density at radius 2 is 2.05 bits per heavy atom. The zero-order chi connectivity index (χ0) is 14.4. The highest BCUT2D eigenvalue weighted by Crippen LogP contribution is 2.27. The molecule has 0 aliphatic heterocycles. The van der Waals surface area contributed by atoms with Crippen molar-refractivity contribution in [2.75, 3.05) is 11.4 Å². The summed E-state index contributed by atoms with van der Waals surface area (Å²) in [6.45, 7) is 8.97. The van der Waals surface area contributed by atoms with Gasteiger partial charge in [-0.1, -0.05) is 20.3 Å². The molecule has 0 saturated heterocycles. The fourth-order valence-corrected chi connectivity index (χ4v) is 2.15. The van der Waals surface area contributed by atoms with Gasteiger partial charge < -0.3 is 10.0 Å². The van der Waals surface area contributed by atoms with Gasteiger partial charge in [-0.25, -0.2) is 0 Å². The Morgan fingerprint density at radius 1 is 1.37 bits per heavy atom. The van der Waals surface area contributed by atoms with Crippen molar-refractivity contribution in [2.24, 2.45) is 0 Å². The van der Waals surface area contributed by atoms with E-state index >= 15 is 0 Å². The molecule has 0 fully saturated rings. The van der Waals surface area contributed by atoms with Crippen LogP contribution < -0.4 is 4.90 Å². The largest absolute Gasteiger partial charge is 0.507 e. The number of hydrogen-bond donors (Lipinski definition) is 1. The molecule has 0 saturated carbocycles. The van der Waals surface area contributed by atoms with Gasteiger partial charge in [-0.15, -0.1) is 0 Å². The molecule has 0 radical (unpaired) electrons. The molecule has 3 heteroatoms. The number of phenolic OH excluding ortho intramolecular Hbond substituents is 1. The summed E-state index contributed by atoms with van der Waals surface area (Å²) in [5, 5.41) is 9.94. The van der Waals surface area contributed by atoms with Crippen molar-refractivity contribution >= 4 is 11.5 Å². The lowest BCUT2D eigenvalue weighted by Crippen LogP contribution is -2.33. The van der Waals surface area contributed by atoms with Crippen LogP contribution in [0.15, 0.2) is 18.2 Å². The van der Waals surface area contributed by atoms with E-state index < -0.39 is 0 Å². The number of carbonyl (C=O) groups is 1. The van der Waals surface area contributed by atoms with Gasteiger partial charge in [0.25, 0.3) is 0 Å². The molecule has 3 nitrogen and oxygen atoms in total. The third-order valence-corrected chi connectivity index (χ3v) is 3.57. The maximum Gasteiger partial charge on any atom is 0.163 e. The third kappa shape index (κ3) is 3.98. The molecule has 0 bridgehead atoms. The average molecular weight is 263 g/mol. The Morgan fingerprint density at radius 3 is 2.53 bits per heavy atom. The molecule has 0 amide bonds. The van der Waals surface area contributed by atoms with Crippen molar-refractivity contribution < 1.29 is 9.90 Å². The summed E-state index contributed by atoms with van der Waals surface area (Å²) < 4.78 is 0. The summed E-state index contributed by atoms with van der Waals surface area (Å²) >= 11 is 0. The summed E-state index contributed by atoms with van der Waals surface area (Å²) in [5.41, 5.74) is 1.38. The fourth-order valence-electron chi connectivity index (χ4n) is 2.15. The van der Waals surface area contributed by atoms with Crippen molar-refractivity contribution in [1.29, 1.82) is 0 Å². The number of anilines is 1. The molecule has 0 aromatic heterocycles. The lowest BCUT2D eigenvalue weighted by molar-refractivity contribution is 0.101. The van der Waals surface area contributed by atoms with Gasteiger partial charge in [0.1, 0.15) is 5.75 Å². The van der Waals surface area contributed by atoms with E-state index in [9.17, 15) is 9.90 Å². The van der Waals surface area contributed by atoms with Crippen LogP contribution in [0.1, 0.15) is 57.3 Å².